The second kappa shape index (κ2) is 9.03. The first kappa shape index (κ1) is 21.9. The van der Waals surface area contributed by atoms with E-state index in [-0.39, 0.29) is 10.8 Å². The Kier molecular flexibility index (Phi) is 6.37. The van der Waals surface area contributed by atoms with Gasteiger partial charge >= 0.3 is 0 Å². The summed E-state index contributed by atoms with van der Waals surface area (Å²) in [4.78, 5) is 12.8. The number of nitrogens with one attached hydrogen (secondary N) is 2. The fraction of sp³-hybridized carbons (Fsp3) is 0.480. The van der Waals surface area contributed by atoms with Gasteiger partial charge in [-0.15, -0.1) is 0 Å². The number of hydrogen-bond donors (Lipinski definition) is 2. The lowest BCUT2D eigenvalue weighted by Crippen LogP contribution is -2.35. The zero-order valence-corrected chi connectivity index (χ0v) is 19.0. The molecular weight excluding hydrogens is 408 g/mol. The van der Waals surface area contributed by atoms with E-state index >= 15 is 0 Å². The molecule has 6 heteroatoms. The summed E-state index contributed by atoms with van der Waals surface area (Å²) in [6.45, 7) is 2.71. The van der Waals surface area contributed by atoms with E-state index in [2.05, 4.69) is 10.0 Å². The van der Waals surface area contributed by atoms with Crippen molar-refractivity contribution in [1.82, 2.24) is 5.32 Å². The summed E-state index contributed by atoms with van der Waals surface area (Å²) < 4.78 is 28.3. The van der Waals surface area contributed by atoms with E-state index in [1.807, 2.05) is 31.2 Å². The molecule has 0 unspecified atom stereocenters. The Morgan fingerprint density at radius 3 is 2.19 bits per heavy atom. The number of hydrogen-bond acceptors (Lipinski definition) is 3. The zero-order chi connectivity index (χ0) is 21.9. The van der Waals surface area contributed by atoms with E-state index in [4.69, 9.17) is 0 Å². The van der Waals surface area contributed by atoms with Crippen molar-refractivity contribution in [3.8, 4) is 0 Å². The molecule has 0 spiro atoms. The van der Waals surface area contributed by atoms with Crippen molar-refractivity contribution in [2.45, 2.75) is 74.5 Å². The molecule has 31 heavy (non-hydrogen) atoms. The van der Waals surface area contributed by atoms with Crippen LogP contribution >= 0.6 is 0 Å². The lowest BCUT2D eigenvalue weighted by atomic mass is 9.84. The highest BCUT2D eigenvalue weighted by Gasteiger charge is 2.50. The third-order valence-corrected chi connectivity index (χ3v) is 8.07. The number of carbonyl (C=O) groups excluding carboxylic acids is 1. The maximum Gasteiger partial charge on any atom is 0.261 e. The molecule has 166 valence electrons. The van der Waals surface area contributed by atoms with Crippen LogP contribution in [0.2, 0.25) is 0 Å². The standard InChI is InChI=1S/C25H32N2O3S/c1-2-18-26-24(28)25(16-17-25)21-10-12-22(13-11-21)27-31(29,30)23-14-8-20(9-15-23)19-6-4-3-5-7-19/h8-15,19,27H,2-7,16-18H2,1H3,(H,26,28). The average Bonchev–Trinajstić information content (AvgIpc) is 3.60. The Morgan fingerprint density at radius 1 is 0.968 bits per heavy atom. The van der Waals surface area contributed by atoms with E-state index in [1.165, 1.54) is 37.7 Å². The second-order valence-corrected chi connectivity index (χ2v) is 10.6. The Morgan fingerprint density at radius 2 is 1.61 bits per heavy atom. The maximum absolute atomic E-state index is 12.8. The van der Waals surface area contributed by atoms with Crippen molar-refractivity contribution in [3.63, 3.8) is 0 Å². The molecule has 4 rings (SSSR count). The highest BCUT2D eigenvalue weighted by molar-refractivity contribution is 7.92. The van der Waals surface area contributed by atoms with Gasteiger partial charge in [-0.05, 0) is 73.4 Å². The molecule has 0 saturated heterocycles. The van der Waals surface area contributed by atoms with Gasteiger partial charge in [-0.3, -0.25) is 9.52 Å². The summed E-state index contributed by atoms with van der Waals surface area (Å²) in [5, 5.41) is 2.99. The van der Waals surface area contributed by atoms with Gasteiger partial charge in [-0.2, -0.15) is 0 Å². The van der Waals surface area contributed by atoms with Crippen LogP contribution in [0.3, 0.4) is 0 Å². The van der Waals surface area contributed by atoms with Crippen molar-refractivity contribution < 1.29 is 13.2 Å². The second-order valence-electron chi connectivity index (χ2n) is 8.92. The fourth-order valence-electron chi connectivity index (χ4n) is 4.61. The first-order valence-electron chi connectivity index (χ1n) is 11.5. The zero-order valence-electron chi connectivity index (χ0n) is 18.2. The van der Waals surface area contributed by atoms with E-state index in [0.29, 0.717) is 18.2 Å². The van der Waals surface area contributed by atoms with Gasteiger partial charge in [-0.25, -0.2) is 8.42 Å². The van der Waals surface area contributed by atoms with Crippen LogP contribution < -0.4 is 10.0 Å². The molecule has 0 aliphatic heterocycles. The lowest BCUT2D eigenvalue weighted by molar-refractivity contribution is -0.123. The van der Waals surface area contributed by atoms with Crippen molar-refractivity contribution in [2.24, 2.45) is 0 Å². The van der Waals surface area contributed by atoms with Gasteiger partial charge in [0.05, 0.1) is 10.3 Å². The predicted octanol–water partition coefficient (Wildman–Crippen LogP) is 5.09. The van der Waals surface area contributed by atoms with Gasteiger partial charge in [0, 0.05) is 12.2 Å². The van der Waals surface area contributed by atoms with Crippen LogP contribution in [-0.4, -0.2) is 20.9 Å². The maximum atomic E-state index is 12.8. The molecule has 5 nitrogen and oxygen atoms in total. The fourth-order valence-corrected chi connectivity index (χ4v) is 5.66. The van der Waals surface area contributed by atoms with Gasteiger partial charge in [0.1, 0.15) is 0 Å². The summed E-state index contributed by atoms with van der Waals surface area (Å²) in [5.74, 6) is 0.621. The van der Waals surface area contributed by atoms with Crippen LogP contribution in [0.4, 0.5) is 5.69 Å². The van der Waals surface area contributed by atoms with Gasteiger partial charge < -0.3 is 5.32 Å². The van der Waals surface area contributed by atoms with Gasteiger partial charge in [0.25, 0.3) is 10.0 Å². The summed E-state index contributed by atoms with van der Waals surface area (Å²) in [6, 6.07) is 14.5. The third kappa shape index (κ3) is 4.79. The average molecular weight is 441 g/mol. The van der Waals surface area contributed by atoms with E-state index in [9.17, 15) is 13.2 Å². The highest BCUT2D eigenvalue weighted by atomic mass is 32.2. The Hall–Kier alpha value is -2.34. The molecule has 2 saturated carbocycles. The molecule has 0 atom stereocenters. The minimum Gasteiger partial charge on any atom is -0.355 e. The lowest BCUT2D eigenvalue weighted by Gasteiger charge is -2.22. The third-order valence-electron chi connectivity index (χ3n) is 6.68. The Bertz CT molecular complexity index is 1000. The van der Waals surface area contributed by atoms with Crippen LogP contribution in [-0.2, 0) is 20.2 Å². The SMILES string of the molecule is CCCNC(=O)C1(c2ccc(NS(=O)(=O)c3ccc(C4CCCCC4)cc3)cc2)CC1. The molecular formula is C25H32N2O3S. The van der Waals surface area contributed by atoms with Gasteiger partial charge in [0.15, 0.2) is 0 Å². The molecule has 2 N–H and O–H groups in total. The molecule has 1 amide bonds. The molecule has 2 aliphatic carbocycles. The minimum absolute atomic E-state index is 0.0701. The van der Waals surface area contributed by atoms with E-state index in [1.54, 1.807) is 24.3 Å². The Labute approximate surface area is 185 Å². The van der Waals surface area contributed by atoms with Crippen molar-refractivity contribution >= 4 is 21.6 Å². The predicted molar refractivity (Wildman–Crippen MR) is 124 cm³/mol. The normalized spacial score (nSPS) is 18.4. The minimum atomic E-state index is -3.65. The number of benzene rings is 2. The molecule has 0 heterocycles. The van der Waals surface area contributed by atoms with E-state index < -0.39 is 15.4 Å². The number of sulfonamides is 1. The first-order chi connectivity index (χ1) is 14.9. The summed E-state index contributed by atoms with van der Waals surface area (Å²) in [6.07, 6.45) is 8.76. The van der Waals surface area contributed by atoms with Crippen LogP contribution in [0.25, 0.3) is 0 Å². The summed E-state index contributed by atoms with van der Waals surface area (Å²) in [7, 11) is -3.65. The van der Waals surface area contributed by atoms with Crippen molar-refractivity contribution in [3.05, 3.63) is 59.7 Å². The van der Waals surface area contributed by atoms with Crippen molar-refractivity contribution in [2.75, 3.05) is 11.3 Å². The molecule has 2 fully saturated rings. The Balaban J connectivity index is 1.43. The molecule has 2 aromatic rings. The van der Waals surface area contributed by atoms with E-state index in [0.717, 1.165) is 24.8 Å². The highest BCUT2D eigenvalue weighted by Crippen LogP contribution is 2.48. The number of carbonyl (C=O) groups is 1. The van der Waals surface area contributed by atoms with Crippen LogP contribution in [0.15, 0.2) is 53.4 Å². The van der Waals surface area contributed by atoms with Crippen LogP contribution in [0.5, 0.6) is 0 Å². The molecule has 2 aliphatic rings. The summed E-state index contributed by atoms with van der Waals surface area (Å²) >= 11 is 0. The number of anilines is 1. The van der Waals surface area contributed by atoms with Gasteiger partial charge in [-0.1, -0.05) is 50.5 Å². The van der Waals surface area contributed by atoms with Crippen molar-refractivity contribution in [1.29, 1.82) is 0 Å². The molecule has 0 aromatic heterocycles. The quantitative estimate of drug-likeness (QED) is 0.600. The molecule has 2 aromatic carbocycles. The summed E-state index contributed by atoms with van der Waals surface area (Å²) in [5.41, 5.74) is 2.24. The number of amides is 1. The molecule has 0 bridgehead atoms. The first-order valence-corrected chi connectivity index (χ1v) is 12.9. The smallest absolute Gasteiger partial charge is 0.261 e. The van der Waals surface area contributed by atoms with Crippen LogP contribution in [0, 0.1) is 0 Å². The van der Waals surface area contributed by atoms with Crippen LogP contribution in [0.1, 0.15) is 75.3 Å². The monoisotopic (exact) mass is 440 g/mol. The molecule has 0 radical (unpaired) electrons. The van der Waals surface area contributed by atoms with Gasteiger partial charge in [0.2, 0.25) is 5.91 Å². The number of rotatable bonds is 8. The topological polar surface area (TPSA) is 75.3 Å². The largest absolute Gasteiger partial charge is 0.355 e.